The molecule has 2 rings (SSSR count). The molecule has 0 aliphatic heterocycles. The van der Waals surface area contributed by atoms with Crippen molar-refractivity contribution < 1.29 is 0 Å². The third kappa shape index (κ3) is 1.44. The van der Waals surface area contributed by atoms with Gasteiger partial charge in [0.2, 0.25) is 0 Å². The molecule has 1 aliphatic carbocycles. The van der Waals surface area contributed by atoms with Crippen molar-refractivity contribution in [2.75, 3.05) is 0 Å². The number of nitrogens with zero attached hydrogens (tertiary/aromatic N) is 2. The second-order valence-electron chi connectivity index (χ2n) is 3.94. The van der Waals surface area contributed by atoms with E-state index in [9.17, 15) is 0 Å². The lowest BCUT2D eigenvalue weighted by Crippen LogP contribution is -2.10. The summed E-state index contributed by atoms with van der Waals surface area (Å²) < 4.78 is 0. The van der Waals surface area contributed by atoms with Crippen molar-refractivity contribution in [1.82, 2.24) is 9.97 Å². The molecule has 0 fully saturated rings. The number of aryl methyl sites for hydroxylation is 1. The van der Waals surface area contributed by atoms with Gasteiger partial charge in [0.05, 0.1) is 5.69 Å². The van der Waals surface area contributed by atoms with Crippen LogP contribution in [0.4, 0.5) is 0 Å². The minimum atomic E-state index is 0.135. The molecule has 0 saturated heterocycles. The van der Waals surface area contributed by atoms with Gasteiger partial charge >= 0.3 is 0 Å². The van der Waals surface area contributed by atoms with Crippen molar-refractivity contribution in [3.8, 4) is 0 Å². The van der Waals surface area contributed by atoms with E-state index in [1.165, 1.54) is 5.56 Å². The summed E-state index contributed by atoms with van der Waals surface area (Å²) in [6, 6.07) is 0.135. The Morgan fingerprint density at radius 3 is 3.00 bits per heavy atom. The van der Waals surface area contributed by atoms with Gasteiger partial charge in [-0.25, -0.2) is 9.97 Å². The fraction of sp³-hybridized carbons (Fsp3) is 0.600. The van der Waals surface area contributed by atoms with Gasteiger partial charge in [-0.15, -0.1) is 0 Å². The van der Waals surface area contributed by atoms with E-state index in [4.69, 9.17) is 5.73 Å². The Balaban J connectivity index is 2.42. The van der Waals surface area contributed by atoms with Gasteiger partial charge in [-0.3, -0.25) is 0 Å². The minimum Gasteiger partial charge on any atom is -0.323 e. The molecule has 2 N–H and O–H groups in total. The number of aromatic nitrogens is 2. The molecule has 70 valence electrons. The van der Waals surface area contributed by atoms with Crippen LogP contribution in [0.3, 0.4) is 0 Å². The summed E-state index contributed by atoms with van der Waals surface area (Å²) in [7, 11) is 0. The fourth-order valence-corrected chi connectivity index (χ4v) is 1.67. The van der Waals surface area contributed by atoms with Crippen LogP contribution in [0, 0.1) is 0 Å². The van der Waals surface area contributed by atoms with Crippen molar-refractivity contribution in [2.24, 2.45) is 5.73 Å². The Bertz CT molecular complexity index is 320. The Hall–Kier alpha value is -0.960. The molecule has 0 spiro atoms. The zero-order valence-corrected chi connectivity index (χ0v) is 8.12. The fourth-order valence-electron chi connectivity index (χ4n) is 1.67. The van der Waals surface area contributed by atoms with Crippen molar-refractivity contribution >= 4 is 0 Å². The number of hydrogen-bond acceptors (Lipinski definition) is 3. The first-order valence-corrected chi connectivity index (χ1v) is 4.79. The first kappa shape index (κ1) is 8.63. The monoisotopic (exact) mass is 177 g/mol. The summed E-state index contributed by atoms with van der Waals surface area (Å²) in [5.74, 6) is 1.30. The molecule has 0 saturated carbocycles. The normalized spacial score (nSPS) is 20.8. The van der Waals surface area contributed by atoms with E-state index >= 15 is 0 Å². The summed E-state index contributed by atoms with van der Waals surface area (Å²) in [5.41, 5.74) is 8.23. The maximum absolute atomic E-state index is 5.93. The number of nitrogens with two attached hydrogens (primary N) is 1. The first-order chi connectivity index (χ1) is 6.18. The van der Waals surface area contributed by atoms with Gasteiger partial charge in [-0.1, -0.05) is 13.8 Å². The van der Waals surface area contributed by atoms with Gasteiger partial charge in [0, 0.05) is 18.2 Å². The first-order valence-electron chi connectivity index (χ1n) is 4.79. The number of hydrogen-bond donors (Lipinski definition) is 1. The summed E-state index contributed by atoms with van der Waals surface area (Å²) in [6.45, 7) is 4.20. The van der Waals surface area contributed by atoms with Crippen molar-refractivity contribution in [2.45, 2.75) is 38.6 Å². The van der Waals surface area contributed by atoms with Crippen LogP contribution in [0.5, 0.6) is 0 Å². The molecule has 1 heterocycles. The van der Waals surface area contributed by atoms with E-state index in [0.29, 0.717) is 5.92 Å². The van der Waals surface area contributed by atoms with Gasteiger partial charge in [0.25, 0.3) is 0 Å². The van der Waals surface area contributed by atoms with E-state index in [0.717, 1.165) is 24.4 Å². The lowest BCUT2D eigenvalue weighted by atomic mass is 10.2. The molecule has 3 heteroatoms. The SMILES string of the molecule is CC(C)c1ncc2c(n1)C(N)CC2. The molecule has 0 bridgehead atoms. The van der Waals surface area contributed by atoms with E-state index in [-0.39, 0.29) is 6.04 Å². The molecule has 1 aromatic rings. The van der Waals surface area contributed by atoms with Crippen LogP contribution in [-0.2, 0) is 6.42 Å². The quantitative estimate of drug-likeness (QED) is 0.708. The van der Waals surface area contributed by atoms with E-state index in [1.807, 2.05) is 6.20 Å². The molecular weight excluding hydrogens is 162 g/mol. The molecule has 13 heavy (non-hydrogen) atoms. The van der Waals surface area contributed by atoms with E-state index < -0.39 is 0 Å². The van der Waals surface area contributed by atoms with Crippen LogP contribution in [-0.4, -0.2) is 9.97 Å². The van der Waals surface area contributed by atoms with Crippen molar-refractivity contribution in [3.05, 3.63) is 23.3 Å². The van der Waals surface area contributed by atoms with Gasteiger partial charge in [0.15, 0.2) is 0 Å². The van der Waals surface area contributed by atoms with Crippen LogP contribution < -0.4 is 5.73 Å². The number of rotatable bonds is 1. The van der Waals surface area contributed by atoms with Crippen LogP contribution in [0.25, 0.3) is 0 Å². The lowest BCUT2D eigenvalue weighted by molar-refractivity contribution is 0.682. The number of fused-ring (bicyclic) bond motifs is 1. The van der Waals surface area contributed by atoms with Crippen LogP contribution in [0.1, 0.15) is 49.3 Å². The average Bonchev–Trinajstić information content (AvgIpc) is 2.47. The predicted molar refractivity (Wildman–Crippen MR) is 51.4 cm³/mol. The Morgan fingerprint density at radius 2 is 2.31 bits per heavy atom. The zero-order chi connectivity index (χ0) is 9.42. The zero-order valence-electron chi connectivity index (χ0n) is 8.12. The van der Waals surface area contributed by atoms with Gasteiger partial charge in [-0.2, -0.15) is 0 Å². The highest BCUT2D eigenvalue weighted by molar-refractivity contribution is 5.26. The molecule has 1 aromatic heterocycles. The second kappa shape index (κ2) is 3.07. The predicted octanol–water partition coefficient (Wildman–Crippen LogP) is 1.55. The summed E-state index contributed by atoms with van der Waals surface area (Å²) in [4.78, 5) is 8.82. The maximum atomic E-state index is 5.93. The smallest absolute Gasteiger partial charge is 0.131 e. The topological polar surface area (TPSA) is 51.8 Å². The Kier molecular flexibility index (Phi) is 2.04. The molecule has 1 aliphatic rings. The van der Waals surface area contributed by atoms with Crippen molar-refractivity contribution in [3.63, 3.8) is 0 Å². The second-order valence-corrected chi connectivity index (χ2v) is 3.94. The molecule has 3 nitrogen and oxygen atoms in total. The highest BCUT2D eigenvalue weighted by Crippen LogP contribution is 2.27. The van der Waals surface area contributed by atoms with Gasteiger partial charge in [0.1, 0.15) is 5.82 Å². The third-order valence-corrected chi connectivity index (χ3v) is 2.51. The van der Waals surface area contributed by atoms with Crippen LogP contribution in [0.15, 0.2) is 6.20 Å². The Labute approximate surface area is 78.4 Å². The Morgan fingerprint density at radius 1 is 1.54 bits per heavy atom. The van der Waals surface area contributed by atoms with Gasteiger partial charge < -0.3 is 5.73 Å². The maximum Gasteiger partial charge on any atom is 0.131 e. The average molecular weight is 177 g/mol. The van der Waals surface area contributed by atoms with E-state index in [2.05, 4.69) is 23.8 Å². The molecular formula is C10H15N3. The van der Waals surface area contributed by atoms with Crippen LogP contribution in [0.2, 0.25) is 0 Å². The molecule has 0 amide bonds. The van der Waals surface area contributed by atoms with Gasteiger partial charge in [-0.05, 0) is 18.4 Å². The lowest BCUT2D eigenvalue weighted by Gasteiger charge is -2.07. The van der Waals surface area contributed by atoms with Crippen LogP contribution >= 0.6 is 0 Å². The summed E-state index contributed by atoms with van der Waals surface area (Å²) in [6.07, 6.45) is 3.99. The minimum absolute atomic E-state index is 0.135. The molecule has 0 radical (unpaired) electrons. The standard InChI is InChI=1S/C10H15N3/c1-6(2)10-12-5-7-3-4-8(11)9(7)13-10/h5-6,8H,3-4,11H2,1-2H3. The third-order valence-electron chi connectivity index (χ3n) is 2.51. The van der Waals surface area contributed by atoms with E-state index in [1.54, 1.807) is 0 Å². The molecule has 0 aromatic carbocycles. The largest absolute Gasteiger partial charge is 0.323 e. The van der Waals surface area contributed by atoms with Crippen molar-refractivity contribution in [1.29, 1.82) is 0 Å². The molecule has 1 unspecified atom stereocenters. The summed E-state index contributed by atoms with van der Waals surface area (Å²) in [5, 5.41) is 0. The highest BCUT2D eigenvalue weighted by Gasteiger charge is 2.21. The molecule has 1 atom stereocenters. The highest BCUT2D eigenvalue weighted by atomic mass is 14.9. The summed E-state index contributed by atoms with van der Waals surface area (Å²) >= 11 is 0.